The molecule has 124 valence electrons. The summed E-state index contributed by atoms with van der Waals surface area (Å²) in [6.45, 7) is 4.16. The van der Waals surface area contributed by atoms with E-state index in [1.165, 1.54) is 0 Å². The lowest BCUT2D eigenvalue weighted by Crippen LogP contribution is -2.12. The van der Waals surface area contributed by atoms with Crippen molar-refractivity contribution in [2.24, 2.45) is 0 Å². The maximum absolute atomic E-state index is 11.8. The Balaban J connectivity index is 2.18. The lowest BCUT2D eigenvalue weighted by molar-refractivity contribution is -0.116. The molecule has 4 nitrogen and oxygen atoms in total. The molecule has 0 atom stereocenters. The third-order valence-corrected chi connectivity index (χ3v) is 3.29. The number of ether oxygens (including phenoxy) is 2. The fourth-order valence-electron chi connectivity index (χ4n) is 1.79. The van der Waals surface area contributed by atoms with Crippen LogP contribution < -0.4 is 10.1 Å². The topological polar surface area (TPSA) is 47.6 Å². The summed E-state index contributed by atoms with van der Waals surface area (Å²) < 4.78 is 10.9. The van der Waals surface area contributed by atoms with Gasteiger partial charge in [-0.05, 0) is 43.5 Å². The molecule has 0 aromatic heterocycles. The smallest absolute Gasteiger partial charge is 0.224 e. The molecule has 1 aromatic carbocycles. The van der Waals surface area contributed by atoms with Crippen molar-refractivity contribution < 1.29 is 14.3 Å². The minimum Gasteiger partial charge on any atom is -0.494 e. The molecule has 0 saturated carbocycles. The number of carbonyl (C=O) groups is 1. The summed E-state index contributed by atoms with van der Waals surface area (Å²) in [4.78, 5) is 11.8. The monoisotopic (exact) mass is 327 g/mol. The summed E-state index contributed by atoms with van der Waals surface area (Å²) in [6.07, 6.45) is 4.24. The van der Waals surface area contributed by atoms with Gasteiger partial charge in [0.05, 0.1) is 6.61 Å². The van der Waals surface area contributed by atoms with Gasteiger partial charge in [0.1, 0.15) is 5.75 Å². The summed E-state index contributed by atoms with van der Waals surface area (Å²) in [5.41, 5.74) is 0.779. The van der Waals surface area contributed by atoms with Crippen molar-refractivity contribution in [2.45, 2.75) is 39.0 Å². The fourth-order valence-corrected chi connectivity index (χ4v) is 1.89. The summed E-state index contributed by atoms with van der Waals surface area (Å²) in [7, 11) is 0. The van der Waals surface area contributed by atoms with E-state index in [4.69, 9.17) is 21.1 Å². The van der Waals surface area contributed by atoms with E-state index in [1.807, 2.05) is 24.3 Å². The zero-order valence-corrected chi connectivity index (χ0v) is 14.0. The number of hydrogen-bond donors (Lipinski definition) is 1. The maximum atomic E-state index is 11.8. The van der Waals surface area contributed by atoms with Gasteiger partial charge in [0.15, 0.2) is 0 Å². The van der Waals surface area contributed by atoms with Crippen molar-refractivity contribution in [3.8, 4) is 5.75 Å². The van der Waals surface area contributed by atoms with Crippen molar-refractivity contribution in [1.82, 2.24) is 0 Å². The number of unbranched alkanes of at least 4 members (excludes halogenated alkanes) is 1. The Morgan fingerprint density at radius 1 is 1.09 bits per heavy atom. The highest BCUT2D eigenvalue weighted by molar-refractivity contribution is 6.17. The van der Waals surface area contributed by atoms with E-state index in [0.717, 1.165) is 43.7 Å². The normalized spacial score (nSPS) is 10.5. The number of nitrogens with one attached hydrogen (secondary N) is 1. The number of hydrogen-bond acceptors (Lipinski definition) is 3. The fraction of sp³-hybridized carbons (Fsp3) is 0.588. The number of benzene rings is 1. The highest BCUT2D eigenvalue weighted by Crippen LogP contribution is 2.16. The van der Waals surface area contributed by atoms with E-state index in [2.05, 4.69) is 12.2 Å². The largest absolute Gasteiger partial charge is 0.494 e. The van der Waals surface area contributed by atoms with E-state index in [0.29, 0.717) is 25.5 Å². The van der Waals surface area contributed by atoms with E-state index < -0.39 is 0 Å². The molecule has 0 spiro atoms. The van der Waals surface area contributed by atoms with Crippen LogP contribution in [0.4, 0.5) is 5.69 Å². The van der Waals surface area contributed by atoms with E-state index in [-0.39, 0.29) is 5.91 Å². The van der Waals surface area contributed by atoms with E-state index >= 15 is 0 Å². The molecular formula is C17H26ClNO3. The van der Waals surface area contributed by atoms with Crippen LogP contribution >= 0.6 is 11.6 Å². The third kappa shape index (κ3) is 8.90. The van der Waals surface area contributed by atoms with Crippen molar-refractivity contribution in [1.29, 1.82) is 0 Å². The second kappa shape index (κ2) is 12.3. The number of rotatable bonds is 12. The van der Waals surface area contributed by atoms with Gasteiger partial charge < -0.3 is 14.8 Å². The van der Waals surface area contributed by atoms with Crippen molar-refractivity contribution in [3.63, 3.8) is 0 Å². The standard InChI is InChI=1S/C17H26ClNO3/c1-2-3-12-21-13-4-6-17(20)19-15-7-9-16(10-8-15)22-14-5-11-18/h7-10H,2-6,11-14H2,1H3,(H,19,20). The molecule has 0 fully saturated rings. The van der Waals surface area contributed by atoms with Crippen molar-refractivity contribution >= 4 is 23.2 Å². The zero-order chi connectivity index (χ0) is 16.0. The lowest BCUT2D eigenvalue weighted by atomic mass is 10.2. The molecule has 1 rings (SSSR count). The second-order valence-corrected chi connectivity index (χ2v) is 5.41. The molecule has 0 bridgehead atoms. The SMILES string of the molecule is CCCCOCCCC(=O)Nc1ccc(OCCCCl)cc1. The van der Waals surface area contributed by atoms with Crippen molar-refractivity contribution in [2.75, 3.05) is 31.0 Å². The third-order valence-electron chi connectivity index (χ3n) is 3.02. The Hall–Kier alpha value is -1.26. The first-order valence-electron chi connectivity index (χ1n) is 7.92. The molecule has 5 heteroatoms. The Kier molecular flexibility index (Phi) is 10.5. The molecule has 0 aliphatic carbocycles. The molecule has 0 aliphatic heterocycles. The Bertz CT molecular complexity index is 409. The van der Waals surface area contributed by atoms with E-state index in [1.54, 1.807) is 0 Å². The summed E-state index contributed by atoms with van der Waals surface area (Å²) in [5.74, 6) is 1.39. The predicted molar refractivity (Wildman–Crippen MR) is 90.9 cm³/mol. The number of halogens is 1. The first-order chi connectivity index (χ1) is 10.8. The van der Waals surface area contributed by atoms with Crippen molar-refractivity contribution in [3.05, 3.63) is 24.3 Å². The van der Waals surface area contributed by atoms with E-state index in [9.17, 15) is 4.79 Å². The number of amides is 1. The summed E-state index contributed by atoms with van der Waals surface area (Å²) >= 11 is 5.59. The molecule has 0 heterocycles. The molecule has 0 saturated heterocycles. The Morgan fingerprint density at radius 2 is 1.82 bits per heavy atom. The van der Waals surface area contributed by atoms with Gasteiger partial charge in [-0.25, -0.2) is 0 Å². The molecule has 22 heavy (non-hydrogen) atoms. The minimum atomic E-state index is 0.00917. The average Bonchev–Trinajstić information content (AvgIpc) is 2.53. The quantitative estimate of drug-likeness (QED) is 0.461. The average molecular weight is 328 g/mol. The van der Waals surface area contributed by atoms with Gasteiger partial charge in [-0.1, -0.05) is 13.3 Å². The number of carbonyl (C=O) groups excluding carboxylic acids is 1. The van der Waals surface area contributed by atoms with Gasteiger partial charge in [-0.3, -0.25) is 4.79 Å². The second-order valence-electron chi connectivity index (χ2n) is 5.03. The Labute approximate surface area is 138 Å². The molecule has 1 amide bonds. The van der Waals surface area contributed by atoms with Gasteiger partial charge in [0.25, 0.3) is 0 Å². The van der Waals surface area contributed by atoms with Crippen LogP contribution in [0.3, 0.4) is 0 Å². The summed E-state index contributed by atoms with van der Waals surface area (Å²) in [5, 5.41) is 2.87. The molecular weight excluding hydrogens is 302 g/mol. The Morgan fingerprint density at radius 3 is 2.50 bits per heavy atom. The molecule has 0 radical (unpaired) electrons. The van der Waals surface area contributed by atoms with Gasteiger partial charge in [0.2, 0.25) is 5.91 Å². The van der Waals surface area contributed by atoms with Crippen LogP contribution in [0.5, 0.6) is 5.75 Å². The van der Waals surface area contributed by atoms with Crippen LogP contribution in [0.1, 0.15) is 39.0 Å². The first-order valence-corrected chi connectivity index (χ1v) is 8.46. The van der Waals surface area contributed by atoms with Gasteiger partial charge >= 0.3 is 0 Å². The minimum absolute atomic E-state index is 0.00917. The van der Waals surface area contributed by atoms with Gasteiger partial charge in [-0.2, -0.15) is 0 Å². The zero-order valence-electron chi connectivity index (χ0n) is 13.3. The van der Waals surface area contributed by atoms with Crippen LogP contribution in [0.15, 0.2) is 24.3 Å². The van der Waals surface area contributed by atoms with Gasteiger partial charge in [0, 0.05) is 31.2 Å². The molecule has 1 N–H and O–H groups in total. The molecule has 0 unspecified atom stereocenters. The predicted octanol–water partition coefficient (Wildman–Crippen LogP) is 4.23. The van der Waals surface area contributed by atoms with Crippen LogP contribution in [-0.4, -0.2) is 31.6 Å². The number of alkyl halides is 1. The highest BCUT2D eigenvalue weighted by atomic mass is 35.5. The van der Waals surface area contributed by atoms with Crippen LogP contribution in [0.25, 0.3) is 0 Å². The maximum Gasteiger partial charge on any atom is 0.224 e. The highest BCUT2D eigenvalue weighted by Gasteiger charge is 2.03. The lowest BCUT2D eigenvalue weighted by Gasteiger charge is -2.08. The van der Waals surface area contributed by atoms with Crippen LogP contribution in [0.2, 0.25) is 0 Å². The van der Waals surface area contributed by atoms with Crippen LogP contribution in [0, 0.1) is 0 Å². The first kappa shape index (κ1) is 18.8. The molecule has 1 aromatic rings. The molecule has 0 aliphatic rings. The summed E-state index contributed by atoms with van der Waals surface area (Å²) in [6, 6.07) is 7.37. The number of anilines is 1. The van der Waals surface area contributed by atoms with Crippen LogP contribution in [-0.2, 0) is 9.53 Å². The van der Waals surface area contributed by atoms with Gasteiger partial charge in [-0.15, -0.1) is 11.6 Å².